The number of H-pyrrole nitrogens is 1. The molecule has 3 N–H and O–H groups in total. The van der Waals surface area contributed by atoms with Gasteiger partial charge in [-0.1, -0.05) is 0 Å². The minimum absolute atomic E-state index is 0.00611. The summed E-state index contributed by atoms with van der Waals surface area (Å²) in [7, 11) is 0. The van der Waals surface area contributed by atoms with Gasteiger partial charge in [0.25, 0.3) is 5.91 Å². The summed E-state index contributed by atoms with van der Waals surface area (Å²) >= 11 is 0. The summed E-state index contributed by atoms with van der Waals surface area (Å²) in [5, 5.41) is 19.0. The SMILES string of the molecule is O=C(NC(Cc1ccncc1)C1CC(O)C1)c1ccn[nH]1. The van der Waals surface area contributed by atoms with Crippen LogP contribution in [-0.4, -0.2) is 38.3 Å². The molecule has 1 atom stereocenters. The number of rotatable bonds is 5. The molecule has 6 heteroatoms. The Labute approximate surface area is 122 Å². The van der Waals surface area contributed by atoms with E-state index < -0.39 is 0 Å². The molecule has 0 aromatic carbocycles. The first-order valence-corrected chi connectivity index (χ1v) is 7.09. The van der Waals surface area contributed by atoms with Crippen molar-refractivity contribution in [2.24, 2.45) is 5.92 Å². The third-order valence-electron chi connectivity index (χ3n) is 3.99. The number of aliphatic hydroxyl groups is 1. The lowest BCUT2D eigenvalue weighted by molar-refractivity contribution is 0.0239. The van der Waals surface area contributed by atoms with Crippen LogP contribution >= 0.6 is 0 Å². The third-order valence-corrected chi connectivity index (χ3v) is 3.99. The van der Waals surface area contributed by atoms with Crippen LogP contribution in [0.1, 0.15) is 28.9 Å². The molecule has 6 nitrogen and oxygen atoms in total. The highest BCUT2D eigenvalue weighted by atomic mass is 16.3. The molecular weight excluding hydrogens is 268 g/mol. The summed E-state index contributed by atoms with van der Waals surface area (Å²) in [5.74, 6) is 0.146. The molecule has 0 aliphatic heterocycles. The Morgan fingerprint density at radius 2 is 2.10 bits per heavy atom. The van der Waals surface area contributed by atoms with Gasteiger partial charge in [-0.3, -0.25) is 14.9 Å². The number of aliphatic hydroxyl groups excluding tert-OH is 1. The topological polar surface area (TPSA) is 90.9 Å². The molecule has 1 amide bonds. The van der Waals surface area contributed by atoms with Crippen LogP contribution in [0.3, 0.4) is 0 Å². The number of aromatic amines is 1. The minimum Gasteiger partial charge on any atom is -0.393 e. The Kier molecular flexibility index (Phi) is 3.96. The smallest absolute Gasteiger partial charge is 0.269 e. The fourth-order valence-corrected chi connectivity index (χ4v) is 2.70. The van der Waals surface area contributed by atoms with Gasteiger partial charge in [0.1, 0.15) is 5.69 Å². The predicted octanol–water partition coefficient (Wildman–Crippen LogP) is 0.917. The molecule has 21 heavy (non-hydrogen) atoms. The number of nitrogens with one attached hydrogen (secondary N) is 2. The Hall–Kier alpha value is -2.21. The van der Waals surface area contributed by atoms with E-state index >= 15 is 0 Å². The molecule has 110 valence electrons. The van der Waals surface area contributed by atoms with Crippen LogP contribution in [0.5, 0.6) is 0 Å². The van der Waals surface area contributed by atoms with Crippen molar-refractivity contribution >= 4 is 5.91 Å². The molecule has 0 spiro atoms. The summed E-state index contributed by atoms with van der Waals surface area (Å²) in [5.41, 5.74) is 1.58. The standard InChI is InChI=1S/C15H18N4O2/c20-12-8-11(9-12)14(7-10-1-4-16-5-2-10)18-15(21)13-3-6-17-19-13/h1-6,11-12,14,20H,7-9H2,(H,17,19)(H,18,21). The molecular formula is C15H18N4O2. The monoisotopic (exact) mass is 286 g/mol. The van der Waals surface area contributed by atoms with E-state index in [4.69, 9.17) is 0 Å². The second kappa shape index (κ2) is 6.05. The maximum atomic E-state index is 12.2. The molecule has 3 rings (SSSR count). The third kappa shape index (κ3) is 3.28. The summed E-state index contributed by atoms with van der Waals surface area (Å²) in [6.45, 7) is 0. The zero-order chi connectivity index (χ0) is 14.7. The lowest BCUT2D eigenvalue weighted by Gasteiger charge is -2.38. The van der Waals surface area contributed by atoms with E-state index in [1.807, 2.05) is 12.1 Å². The Morgan fingerprint density at radius 3 is 2.71 bits per heavy atom. The van der Waals surface area contributed by atoms with E-state index in [-0.39, 0.29) is 18.1 Å². The quantitative estimate of drug-likeness (QED) is 0.762. The van der Waals surface area contributed by atoms with Gasteiger partial charge in [0.05, 0.1) is 6.10 Å². The number of aromatic nitrogens is 3. The van der Waals surface area contributed by atoms with Gasteiger partial charge >= 0.3 is 0 Å². The van der Waals surface area contributed by atoms with E-state index in [0.717, 1.165) is 24.8 Å². The largest absolute Gasteiger partial charge is 0.393 e. The number of hydrogen-bond acceptors (Lipinski definition) is 4. The lowest BCUT2D eigenvalue weighted by Crippen LogP contribution is -2.48. The molecule has 0 bridgehead atoms. The fraction of sp³-hybridized carbons (Fsp3) is 0.400. The molecule has 0 saturated heterocycles. The average Bonchev–Trinajstić information content (AvgIpc) is 2.98. The first-order chi connectivity index (χ1) is 10.2. The number of carbonyl (C=O) groups is 1. The number of amides is 1. The van der Waals surface area contributed by atoms with E-state index in [1.54, 1.807) is 24.7 Å². The molecule has 1 aliphatic rings. The number of carbonyl (C=O) groups excluding carboxylic acids is 1. The van der Waals surface area contributed by atoms with Crippen molar-refractivity contribution in [2.45, 2.75) is 31.4 Å². The van der Waals surface area contributed by atoms with Crippen molar-refractivity contribution in [1.29, 1.82) is 0 Å². The van der Waals surface area contributed by atoms with Gasteiger partial charge in [0.2, 0.25) is 0 Å². The number of pyridine rings is 1. The lowest BCUT2D eigenvalue weighted by atomic mass is 9.75. The van der Waals surface area contributed by atoms with Crippen LogP contribution in [-0.2, 0) is 6.42 Å². The first kappa shape index (κ1) is 13.8. The van der Waals surface area contributed by atoms with Crippen LogP contribution in [0, 0.1) is 5.92 Å². The second-order valence-electron chi connectivity index (χ2n) is 5.50. The number of hydrogen-bond donors (Lipinski definition) is 3. The van der Waals surface area contributed by atoms with Gasteiger partial charge < -0.3 is 10.4 Å². The zero-order valence-electron chi connectivity index (χ0n) is 11.6. The van der Waals surface area contributed by atoms with Gasteiger partial charge in [0.15, 0.2) is 0 Å². The van der Waals surface area contributed by atoms with E-state index in [9.17, 15) is 9.90 Å². The summed E-state index contributed by atoms with van der Waals surface area (Å²) in [4.78, 5) is 16.2. The second-order valence-corrected chi connectivity index (χ2v) is 5.50. The van der Waals surface area contributed by atoms with Crippen molar-refractivity contribution in [3.05, 3.63) is 48.0 Å². The van der Waals surface area contributed by atoms with Crippen LogP contribution in [0.25, 0.3) is 0 Å². The maximum absolute atomic E-state index is 12.2. The van der Waals surface area contributed by atoms with E-state index in [2.05, 4.69) is 20.5 Å². The maximum Gasteiger partial charge on any atom is 0.269 e. The van der Waals surface area contributed by atoms with Gasteiger partial charge in [-0.2, -0.15) is 5.10 Å². The van der Waals surface area contributed by atoms with Crippen molar-refractivity contribution in [3.63, 3.8) is 0 Å². The van der Waals surface area contributed by atoms with E-state index in [0.29, 0.717) is 11.6 Å². The Morgan fingerprint density at radius 1 is 1.33 bits per heavy atom. The zero-order valence-corrected chi connectivity index (χ0v) is 11.6. The molecule has 0 radical (unpaired) electrons. The summed E-state index contributed by atoms with van der Waals surface area (Å²) in [6, 6.07) is 5.55. The van der Waals surface area contributed by atoms with Crippen molar-refractivity contribution < 1.29 is 9.90 Å². The van der Waals surface area contributed by atoms with Crippen molar-refractivity contribution in [2.75, 3.05) is 0 Å². The fourth-order valence-electron chi connectivity index (χ4n) is 2.70. The average molecular weight is 286 g/mol. The Balaban J connectivity index is 1.69. The summed E-state index contributed by atoms with van der Waals surface area (Å²) in [6.07, 6.45) is 7.02. The van der Waals surface area contributed by atoms with Gasteiger partial charge in [0, 0.05) is 24.6 Å². The highest BCUT2D eigenvalue weighted by Crippen LogP contribution is 2.31. The van der Waals surface area contributed by atoms with Gasteiger partial charge in [-0.15, -0.1) is 0 Å². The predicted molar refractivity (Wildman–Crippen MR) is 76.5 cm³/mol. The molecule has 1 unspecified atom stereocenters. The highest BCUT2D eigenvalue weighted by molar-refractivity contribution is 5.92. The first-order valence-electron chi connectivity index (χ1n) is 7.09. The van der Waals surface area contributed by atoms with E-state index in [1.165, 1.54) is 0 Å². The van der Waals surface area contributed by atoms with Crippen molar-refractivity contribution in [1.82, 2.24) is 20.5 Å². The number of nitrogens with zero attached hydrogens (tertiary/aromatic N) is 2. The van der Waals surface area contributed by atoms with Crippen LogP contribution in [0.15, 0.2) is 36.8 Å². The molecule has 1 fully saturated rings. The molecule has 2 heterocycles. The van der Waals surface area contributed by atoms with Crippen LogP contribution in [0.4, 0.5) is 0 Å². The highest BCUT2D eigenvalue weighted by Gasteiger charge is 2.35. The van der Waals surface area contributed by atoms with Crippen LogP contribution in [0.2, 0.25) is 0 Å². The van der Waals surface area contributed by atoms with Gasteiger partial charge in [-0.25, -0.2) is 0 Å². The molecule has 2 aromatic rings. The molecule has 2 aromatic heterocycles. The van der Waals surface area contributed by atoms with Crippen LogP contribution < -0.4 is 5.32 Å². The summed E-state index contributed by atoms with van der Waals surface area (Å²) < 4.78 is 0. The molecule has 1 aliphatic carbocycles. The van der Waals surface area contributed by atoms with Gasteiger partial charge in [-0.05, 0) is 48.9 Å². The Bertz CT molecular complexity index is 579. The molecule has 1 saturated carbocycles. The normalized spacial score (nSPS) is 22.3. The van der Waals surface area contributed by atoms with Crippen molar-refractivity contribution in [3.8, 4) is 0 Å². The minimum atomic E-state index is -0.237.